The van der Waals surface area contributed by atoms with Crippen LogP contribution in [0.2, 0.25) is 0 Å². The van der Waals surface area contributed by atoms with E-state index in [9.17, 15) is 21.6 Å². The number of halogens is 3. The van der Waals surface area contributed by atoms with E-state index in [1.54, 1.807) is 6.20 Å². The highest BCUT2D eigenvalue weighted by molar-refractivity contribution is 7.87. The van der Waals surface area contributed by atoms with Gasteiger partial charge in [-0.3, -0.25) is 4.18 Å². The molecule has 17 heavy (non-hydrogen) atoms. The smallest absolute Gasteiger partial charge is 0.338 e. The van der Waals surface area contributed by atoms with Gasteiger partial charge in [-0.25, -0.2) is 4.98 Å². The number of aryl methyl sites for hydroxylation is 2. The van der Waals surface area contributed by atoms with Crippen molar-refractivity contribution in [2.45, 2.75) is 19.4 Å². The lowest BCUT2D eigenvalue weighted by atomic mass is 10.7. The van der Waals surface area contributed by atoms with Crippen molar-refractivity contribution >= 4 is 10.1 Å². The van der Waals surface area contributed by atoms with Crippen molar-refractivity contribution in [2.24, 2.45) is 7.05 Å². The van der Waals surface area contributed by atoms with Crippen LogP contribution in [0, 0.1) is 6.92 Å². The van der Waals surface area contributed by atoms with Crippen molar-refractivity contribution < 1.29 is 25.8 Å². The lowest BCUT2D eigenvalue weighted by Gasteiger charge is -2.05. The van der Waals surface area contributed by atoms with Crippen molar-refractivity contribution in [1.29, 1.82) is 0 Å². The number of hydrogen-bond acceptors (Lipinski definition) is 4. The molecule has 1 aromatic heterocycles. The zero-order chi connectivity index (χ0) is 13.7. The fourth-order valence-corrected chi connectivity index (χ4v) is 1.11. The molecule has 5 nitrogen and oxygen atoms in total. The van der Waals surface area contributed by atoms with Crippen molar-refractivity contribution in [3.8, 4) is 0 Å². The highest BCUT2D eigenvalue weighted by Crippen LogP contribution is 2.24. The first-order chi connectivity index (χ1) is 7.62. The predicted octanol–water partition coefficient (Wildman–Crippen LogP) is 1.60. The molecule has 0 saturated heterocycles. The molecule has 0 aliphatic rings. The monoisotopic (exact) mass is 274 g/mol. The van der Waals surface area contributed by atoms with Gasteiger partial charge in [-0.05, 0) is 13.8 Å². The van der Waals surface area contributed by atoms with Crippen LogP contribution in [0.15, 0.2) is 12.4 Å². The molecule has 0 aliphatic carbocycles. The quantitative estimate of drug-likeness (QED) is 0.607. The molecule has 0 aromatic carbocycles. The molecule has 1 heterocycles. The summed E-state index contributed by atoms with van der Waals surface area (Å²) < 4.78 is 59.1. The number of alkyl halides is 3. The number of hydrogen-bond donors (Lipinski definition) is 0. The molecule has 0 unspecified atom stereocenters. The topological polar surface area (TPSA) is 61.2 Å². The molecule has 1 rings (SSSR count). The van der Waals surface area contributed by atoms with Crippen LogP contribution in [0.3, 0.4) is 0 Å². The van der Waals surface area contributed by atoms with Gasteiger partial charge in [0.1, 0.15) is 5.82 Å². The lowest BCUT2D eigenvalue weighted by Crippen LogP contribution is -2.25. The average molecular weight is 274 g/mol. The zero-order valence-corrected chi connectivity index (χ0v) is 10.3. The Labute approximate surface area is 97.3 Å². The standard InChI is InChI=1S/C5H8N2.C3H5F3O3S/c1-5-6-3-4-7(5)2;1-2-9-10(7,8)3(4,5)6/h3-4H,1-2H3;2H2,1H3. The van der Waals surface area contributed by atoms with E-state index in [2.05, 4.69) is 9.17 Å². The van der Waals surface area contributed by atoms with Crippen LogP contribution < -0.4 is 0 Å². The third kappa shape index (κ3) is 5.18. The minimum atomic E-state index is -5.35. The molecule has 0 N–H and O–H groups in total. The van der Waals surface area contributed by atoms with Gasteiger partial charge < -0.3 is 4.57 Å². The van der Waals surface area contributed by atoms with Crippen LogP contribution in [0.4, 0.5) is 13.2 Å². The van der Waals surface area contributed by atoms with E-state index in [0.29, 0.717) is 0 Å². The first-order valence-corrected chi connectivity index (χ1v) is 5.92. The Kier molecular flexibility index (Phi) is 5.62. The van der Waals surface area contributed by atoms with Crippen molar-refractivity contribution in [2.75, 3.05) is 6.61 Å². The molecule has 0 amide bonds. The normalized spacial score (nSPS) is 11.9. The van der Waals surface area contributed by atoms with Crippen LogP contribution in [0.1, 0.15) is 12.7 Å². The van der Waals surface area contributed by atoms with Gasteiger partial charge in [-0.15, -0.1) is 0 Å². The maximum atomic E-state index is 11.3. The summed E-state index contributed by atoms with van der Waals surface area (Å²) in [6, 6.07) is 0. The molecule has 0 radical (unpaired) electrons. The number of rotatable bonds is 2. The van der Waals surface area contributed by atoms with Gasteiger partial charge in [0.25, 0.3) is 0 Å². The Morgan fingerprint density at radius 3 is 2.12 bits per heavy atom. The molecule has 0 fully saturated rings. The first-order valence-electron chi connectivity index (χ1n) is 4.51. The SMILES string of the molecule is CCOS(=O)(=O)C(F)(F)F.Cc1nccn1C. The summed E-state index contributed by atoms with van der Waals surface area (Å²) in [6.45, 7) is 2.62. The Hall–Kier alpha value is -1.09. The first kappa shape index (κ1) is 15.9. The van der Waals surface area contributed by atoms with E-state index in [4.69, 9.17) is 0 Å². The Bertz CT molecular complexity index is 423. The van der Waals surface area contributed by atoms with Gasteiger partial charge in [0.15, 0.2) is 0 Å². The maximum absolute atomic E-state index is 11.3. The van der Waals surface area contributed by atoms with Crippen LogP contribution in [-0.2, 0) is 21.3 Å². The van der Waals surface area contributed by atoms with Gasteiger partial charge >= 0.3 is 15.6 Å². The van der Waals surface area contributed by atoms with Crippen molar-refractivity contribution in [3.05, 3.63) is 18.2 Å². The van der Waals surface area contributed by atoms with E-state index in [-0.39, 0.29) is 0 Å². The molecule has 0 aliphatic heterocycles. The second-order valence-electron chi connectivity index (χ2n) is 2.89. The molecule has 1 aromatic rings. The largest absolute Gasteiger partial charge is 0.523 e. The molecule has 0 atom stereocenters. The fraction of sp³-hybridized carbons (Fsp3) is 0.625. The molecular weight excluding hydrogens is 261 g/mol. The summed E-state index contributed by atoms with van der Waals surface area (Å²) in [6.07, 6.45) is 3.71. The summed E-state index contributed by atoms with van der Waals surface area (Å²) in [5.74, 6) is 1.06. The van der Waals surface area contributed by atoms with E-state index in [1.165, 1.54) is 0 Å². The van der Waals surface area contributed by atoms with Gasteiger partial charge in [0, 0.05) is 19.4 Å². The van der Waals surface area contributed by atoms with Crippen molar-refractivity contribution in [1.82, 2.24) is 9.55 Å². The Morgan fingerprint density at radius 2 is 2.00 bits per heavy atom. The van der Waals surface area contributed by atoms with Gasteiger partial charge in [0.05, 0.1) is 6.61 Å². The lowest BCUT2D eigenvalue weighted by molar-refractivity contribution is -0.0539. The van der Waals surface area contributed by atoms with Gasteiger partial charge in [-0.2, -0.15) is 21.6 Å². The highest BCUT2D eigenvalue weighted by atomic mass is 32.2. The number of aromatic nitrogens is 2. The summed E-state index contributed by atoms with van der Waals surface area (Å²) in [7, 11) is -3.37. The van der Waals surface area contributed by atoms with E-state index in [1.807, 2.05) is 24.7 Å². The number of nitrogens with zero attached hydrogens (tertiary/aromatic N) is 2. The van der Waals surface area contributed by atoms with Gasteiger partial charge in [0.2, 0.25) is 0 Å². The Balaban J connectivity index is 0.000000318. The third-order valence-corrected chi connectivity index (χ3v) is 2.73. The third-order valence-electron chi connectivity index (χ3n) is 1.62. The van der Waals surface area contributed by atoms with E-state index in [0.717, 1.165) is 12.7 Å². The molecule has 100 valence electrons. The van der Waals surface area contributed by atoms with Crippen LogP contribution in [-0.4, -0.2) is 30.1 Å². The summed E-state index contributed by atoms with van der Waals surface area (Å²) >= 11 is 0. The summed E-state index contributed by atoms with van der Waals surface area (Å²) in [5, 5.41) is 0. The minimum Gasteiger partial charge on any atom is -0.338 e. The maximum Gasteiger partial charge on any atom is 0.523 e. The fourth-order valence-electron chi connectivity index (χ4n) is 0.662. The highest BCUT2D eigenvalue weighted by Gasteiger charge is 2.46. The minimum absolute atomic E-state index is 0.512. The molecule has 9 heteroatoms. The molecular formula is C8H13F3N2O3S. The van der Waals surface area contributed by atoms with Crippen LogP contribution >= 0.6 is 0 Å². The number of imidazole rings is 1. The second kappa shape index (κ2) is 6.01. The summed E-state index contributed by atoms with van der Waals surface area (Å²) in [4.78, 5) is 3.98. The van der Waals surface area contributed by atoms with Gasteiger partial charge in [-0.1, -0.05) is 0 Å². The second-order valence-corrected chi connectivity index (χ2v) is 4.50. The van der Waals surface area contributed by atoms with Crippen LogP contribution in [0.5, 0.6) is 0 Å². The van der Waals surface area contributed by atoms with E-state index >= 15 is 0 Å². The Morgan fingerprint density at radius 1 is 1.47 bits per heavy atom. The van der Waals surface area contributed by atoms with E-state index < -0.39 is 22.2 Å². The van der Waals surface area contributed by atoms with Crippen molar-refractivity contribution in [3.63, 3.8) is 0 Å². The molecule has 0 spiro atoms. The average Bonchev–Trinajstić information content (AvgIpc) is 2.50. The summed E-state index contributed by atoms with van der Waals surface area (Å²) in [5.41, 5.74) is -5.30. The zero-order valence-electron chi connectivity index (χ0n) is 9.52. The van der Waals surface area contributed by atoms with Crippen LogP contribution in [0.25, 0.3) is 0 Å². The predicted molar refractivity (Wildman–Crippen MR) is 54.5 cm³/mol. The molecule has 0 bridgehead atoms. The molecule has 0 saturated carbocycles.